The van der Waals surface area contributed by atoms with Crippen molar-refractivity contribution in [2.45, 2.75) is 58.9 Å². The maximum atomic E-state index is 12.6. The molecule has 2 saturated heterocycles. The molecule has 7 nitrogen and oxygen atoms in total. The molecule has 0 atom stereocenters. The van der Waals surface area contributed by atoms with Gasteiger partial charge in [-0.1, -0.05) is 6.92 Å². The zero-order valence-electron chi connectivity index (χ0n) is 16.8. The van der Waals surface area contributed by atoms with Crippen LogP contribution >= 0.6 is 0 Å². The molecule has 150 valence electrons. The second-order valence-electron chi connectivity index (χ2n) is 7.71. The second-order valence-corrected chi connectivity index (χ2v) is 7.71. The van der Waals surface area contributed by atoms with E-state index in [1.165, 1.54) is 0 Å². The number of nitrogens with one attached hydrogen (secondary N) is 1. The summed E-state index contributed by atoms with van der Waals surface area (Å²) in [6.45, 7) is 10.1. The molecule has 0 unspecified atom stereocenters. The van der Waals surface area contributed by atoms with Crippen molar-refractivity contribution in [1.82, 2.24) is 24.7 Å². The zero-order valence-corrected chi connectivity index (χ0v) is 16.8. The average Bonchev–Trinajstić information content (AvgIpc) is 3.13. The zero-order chi connectivity index (χ0) is 19.2. The van der Waals surface area contributed by atoms with Crippen LogP contribution in [0.1, 0.15) is 56.2 Å². The van der Waals surface area contributed by atoms with E-state index >= 15 is 0 Å². The van der Waals surface area contributed by atoms with Gasteiger partial charge in [0.15, 0.2) is 0 Å². The quantitative estimate of drug-likeness (QED) is 0.788. The molecule has 1 aromatic heterocycles. The van der Waals surface area contributed by atoms with Gasteiger partial charge in [-0.15, -0.1) is 0 Å². The minimum Gasteiger partial charge on any atom is -0.346 e. The number of carbonyl (C=O) groups excluding carboxylic acids is 2. The SMILES string of the molecule is CCc1nc(CN2CCCN(C(=O)CCCN3CCCC3=O)CC2)c(C)[nH]1. The Morgan fingerprint density at radius 3 is 2.70 bits per heavy atom. The van der Waals surface area contributed by atoms with E-state index in [4.69, 9.17) is 0 Å². The third kappa shape index (κ3) is 5.31. The Hall–Kier alpha value is -1.89. The van der Waals surface area contributed by atoms with Gasteiger partial charge in [0, 0.05) is 70.8 Å². The van der Waals surface area contributed by atoms with Crippen molar-refractivity contribution in [1.29, 1.82) is 0 Å². The lowest BCUT2D eigenvalue weighted by atomic mass is 10.2. The Morgan fingerprint density at radius 2 is 2.00 bits per heavy atom. The summed E-state index contributed by atoms with van der Waals surface area (Å²) < 4.78 is 0. The molecule has 0 aromatic carbocycles. The van der Waals surface area contributed by atoms with Crippen molar-refractivity contribution in [2.75, 3.05) is 39.3 Å². The first-order valence-corrected chi connectivity index (χ1v) is 10.4. The molecule has 0 bridgehead atoms. The summed E-state index contributed by atoms with van der Waals surface area (Å²) in [5.74, 6) is 1.52. The number of aryl methyl sites for hydroxylation is 2. The highest BCUT2D eigenvalue weighted by atomic mass is 16.2. The number of nitrogens with zero attached hydrogens (tertiary/aromatic N) is 4. The molecule has 0 radical (unpaired) electrons. The second kappa shape index (κ2) is 9.35. The first-order valence-electron chi connectivity index (χ1n) is 10.4. The number of likely N-dealkylation sites (tertiary alicyclic amines) is 1. The average molecular weight is 376 g/mol. The monoisotopic (exact) mass is 375 g/mol. The topological polar surface area (TPSA) is 72.5 Å². The molecule has 2 amide bonds. The summed E-state index contributed by atoms with van der Waals surface area (Å²) in [7, 11) is 0. The van der Waals surface area contributed by atoms with Crippen molar-refractivity contribution in [3.63, 3.8) is 0 Å². The molecule has 3 heterocycles. The Bertz CT molecular complexity index is 657. The highest BCUT2D eigenvalue weighted by Crippen LogP contribution is 2.14. The first-order chi connectivity index (χ1) is 13.1. The van der Waals surface area contributed by atoms with Crippen molar-refractivity contribution < 1.29 is 9.59 Å². The van der Waals surface area contributed by atoms with Crippen LogP contribution in [0.5, 0.6) is 0 Å². The predicted octanol–water partition coefficient (Wildman–Crippen LogP) is 1.72. The number of hydrogen-bond donors (Lipinski definition) is 1. The molecule has 0 saturated carbocycles. The fourth-order valence-electron chi connectivity index (χ4n) is 3.99. The molecule has 2 aliphatic rings. The van der Waals surface area contributed by atoms with Crippen molar-refractivity contribution in [3.8, 4) is 0 Å². The molecule has 2 aliphatic heterocycles. The van der Waals surface area contributed by atoms with Crippen molar-refractivity contribution >= 4 is 11.8 Å². The van der Waals surface area contributed by atoms with E-state index in [9.17, 15) is 9.59 Å². The van der Waals surface area contributed by atoms with E-state index in [1.54, 1.807) is 0 Å². The lowest BCUT2D eigenvalue weighted by molar-refractivity contribution is -0.132. The lowest BCUT2D eigenvalue weighted by Gasteiger charge is -2.22. The van der Waals surface area contributed by atoms with Crippen LogP contribution < -0.4 is 0 Å². The predicted molar refractivity (Wildman–Crippen MR) is 104 cm³/mol. The number of hydrogen-bond acceptors (Lipinski definition) is 4. The highest BCUT2D eigenvalue weighted by Gasteiger charge is 2.22. The van der Waals surface area contributed by atoms with Crippen LogP contribution in [0.3, 0.4) is 0 Å². The van der Waals surface area contributed by atoms with Crippen LogP contribution in [0.2, 0.25) is 0 Å². The van der Waals surface area contributed by atoms with E-state index in [0.717, 1.165) is 88.7 Å². The summed E-state index contributed by atoms with van der Waals surface area (Å²) in [5.41, 5.74) is 2.28. The molecule has 2 fully saturated rings. The van der Waals surface area contributed by atoms with Gasteiger partial charge in [0.2, 0.25) is 11.8 Å². The minimum atomic E-state index is 0.229. The normalized spacial score (nSPS) is 19.0. The summed E-state index contributed by atoms with van der Waals surface area (Å²) >= 11 is 0. The Balaban J connectivity index is 1.42. The van der Waals surface area contributed by atoms with Gasteiger partial charge in [0.1, 0.15) is 5.82 Å². The van der Waals surface area contributed by atoms with Gasteiger partial charge >= 0.3 is 0 Å². The van der Waals surface area contributed by atoms with E-state index in [1.807, 2.05) is 9.80 Å². The smallest absolute Gasteiger partial charge is 0.222 e. The van der Waals surface area contributed by atoms with Crippen LogP contribution in [-0.2, 0) is 22.6 Å². The minimum absolute atomic E-state index is 0.229. The van der Waals surface area contributed by atoms with Crippen LogP contribution in [0.15, 0.2) is 0 Å². The molecule has 0 aliphatic carbocycles. The Kier molecular flexibility index (Phi) is 6.88. The number of rotatable bonds is 7. The van der Waals surface area contributed by atoms with Gasteiger partial charge < -0.3 is 14.8 Å². The third-order valence-corrected chi connectivity index (χ3v) is 5.67. The Labute approximate surface area is 162 Å². The van der Waals surface area contributed by atoms with Crippen molar-refractivity contribution in [3.05, 3.63) is 17.2 Å². The molecule has 0 spiro atoms. The summed E-state index contributed by atoms with van der Waals surface area (Å²) in [4.78, 5) is 38.5. The molecule has 3 rings (SSSR count). The summed E-state index contributed by atoms with van der Waals surface area (Å²) in [5, 5.41) is 0. The molecule has 27 heavy (non-hydrogen) atoms. The summed E-state index contributed by atoms with van der Waals surface area (Å²) in [6, 6.07) is 0. The number of imidazole rings is 1. The third-order valence-electron chi connectivity index (χ3n) is 5.67. The first kappa shape index (κ1) is 19.9. The number of aromatic nitrogens is 2. The fraction of sp³-hybridized carbons (Fsp3) is 0.750. The highest BCUT2D eigenvalue weighted by molar-refractivity contribution is 5.78. The standard InChI is InChI=1S/C20H33N5O2/c1-3-18-21-16(2)17(22-18)15-23-9-6-12-25(14-13-23)20(27)8-5-11-24-10-4-7-19(24)26/h3-15H2,1-2H3,(H,21,22). The summed E-state index contributed by atoms with van der Waals surface area (Å²) in [6.07, 6.45) is 4.88. The molecule has 1 aromatic rings. The maximum absolute atomic E-state index is 12.6. The largest absolute Gasteiger partial charge is 0.346 e. The van der Waals surface area contributed by atoms with Crippen LogP contribution in [-0.4, -0.2) is 75.8 Å². The molecular weight excluding hydrogens is 342 g/mol. The molecular formula is C20H33N5O2. The fourth-order valence-corrected chi connectivity index (χ4v) is 3.99. The van der Waals surface area contributed by atoms with Crippen LogP contribution in [0, 0.1) is 6.92 Å². The van der Waals surface area contributed by atoms with E-state index in [-0.39, 0.29) is 11.8 Å². The number of amides is 2. The lowest BCUT2D eigenvalue weighted by Crippen LogP contribution is -2.35. The molecule has 1 N–H and O–H groups in total. The van der Waals surface area contributed by atoms with Gasteiger partial charge in [0.05, 0.1) is 5.69 Å². The van der Waals surface area contributed by atoms with Crippen LogP contribution in [0.4, 0.5) is 0 Å². The maximum Gasteiger partial charge on any atom is 0.222 e. The van der Waals surface area contributed by atoms with Gasteiger partial charge in [-0.3, -0.25) is 14.5 Å². The van der Waals surface area contributed by atoms with E-state index < -0.39 is 0 Å². The van der Waals surface area contributed by atoms with Crippen molar-refractivity contribution in [2.24, 2.45) is 0 Å². The van der Waals surface area contributed by atoms with E-state index in [0.29, 0.717) is 12.8 Å². The number of H-pyrrole nitrogens is 1. The van der Waals surface area contributed by atoms with Gasteiger partial charge in [0.25, 0.3) is 0 Å². The number of aromatic amines is 1. The van der Waals surface area contributed by atoms with Gasteiger partial charge in [-0.05, 0) is 26.2 Å². The van der Waals surface area contributed by atoms with Crippen LogP contribution in [0.25, 0.3) is 0 Å². The van der Waals surface area contributed by atoms with E-state index in [2.05, 4.69) is 28.7 Å². The molecule has 7 heteroatoms. The van der Waals surface area contributed by atoms with Gasteiger partial charge in [-0.2, -0.15) is 0 Å². The number of carbonyl (C=O) groups is 2. The van der Waals surface area contributed by atoms with Gasteiger partial charge in [-0.25, -0.2) is 4.98 Å². The Morgan fingerprint density at radius 1 is 1.15 bits per heavy atom.